The maximum absolute atomic E-state index is 13.3. The van der Waals surface area contributed by atoms with E-state index in [1.165, 1.54) is 22.2 Å². The van der Waals surface area contributed by atoms with Gasteiger partial charge in [-0.25, -0.2) is 18.7 Å². The summed E-state index contributed by atoms with van der Waals surface area (Å²) in [6, 6.07) is 7.76. The van der Waals surface area contributed by atoms with Crippen molar-refractivity contribution in [1.82, 2.24) is 19.7 Å². The number of thiophene rings is 1. The third-order valence-electron chi connectivity index (χ3n) is 4.85. The molecule has 0 bridgehead atoms. The zero-order valence-electron chi connectivity index (χ0n) is 19.0. The molecule has 0 fully saturated rings. The Morgan fingerprint density at radius 1 is 1.26 bits per heavy atom. The molecule has 1 N–H and O–H groups in total. The van der Waals surface area contributed by atoms with Crippen molar-refractivity contribution in [2.75, 3.05) is 13.3 Å². The van der Waals surface area contributed by atoms with Crippen molar-refractivity contribution in [3.05, 3.63) is 63.2 Å². The summed E-state index contributed by atoms with van der Waals surface area (Å²) < 4.78 is 31.9. The summed E-state index contributed by atoms with van der Waals surface area (Å²) in [6.45, 7) is 5.55. The number of aromatic nitrogens is 3. The lowest BCUT2D eigenvalue weighted by molar-refractivity contribution is 0.0532. The summed E-state index contributed by atoms with van der Waals surface area (Å²) >= 11 is 1.52. The number of hydrogen-bond acceptors (Lipinski definition) is 7. The lowest BCUT2D eigenvalue weighted by Gasteiger charge is -2.19. The molecule has 1 aliphatic heterocycles. The Morgan fingerprint density at radius 2 is 2.06 bits per heavy atom. The molecule has 0 radical (unpaired) electrons. The molecule has 9 nitrogen and oxygen atoms in total. The molecule has 0 aliphatic carbocycles. The minimum absolute atomic E-state index is 0.0922. The monoisotopic (exact) mass is 488 g/mol. The molecule has 0 spiro atoms. The molecule has 0 unspecified atom stereocenters. The molecular formula is C23H25FN4O5S. The maximum atomic E-state index is 13.3. The quantitative estimate of drug-likeness (QED) is 0.541. The van der Waals surface area contributed by atoms with Crippen LogP contribution in [0.15, 0.2) is 52.7 Å². The highest BCUT2D eigenvalue weighted by Gasteiger charge is 2.17. The number of ether oxygens (including phenoxy) is 3. The van der Waals surface area contributed by atoms with Crippen LogP contribution in [0.2, 0.25) is 0 Å². The van der Waals surface area contributed by atoms with Gasteiger partial charge in [-0.05, 0) is 61.1 Å². The number of benzene rings is 1. The minimum Gasteiger partial charge on any atom is -0.454 e. The van der Waals surface area contributed by atoms with Crippen molar-refractivity contribution in [3.8, 4) is 22.6 Å². The van der Waals surface area contributed by atoms with Crippen molar-refractivity contribution in [3.63, 3.8) is 0 Å². The van der Waals surface area contributed by atoms with E-state index >= 15 is 0 Å². The summed E-state index contributed by atoms with van der Waals surface area (Å²) in [5, 5.41) is 8.56. The van der Waals surface area contributed by atoms with Crippen LogP contribution < -0.4 is 20.5 Å². The van der Waals surface area contributed by atoms with Crippen molar-refractivity contribution in [2.24, 2.45) is 0 Å². The SMILES string of the molecule is CC(C)(C)OC(=O)NCC(=CF)Cn1ncn(Cc2cc(-c3ccc4c(c3)OCO4)cs2)c1=O. The summed E-state index contributed by atoms with van der Waals surface area (Å²) in [6.07, 6.45) is 1.11. The number of nitrogens with one attached hydrogen (secondary N) is 1. The van der Waals surface area contributed by atoms with E-state index in [4.69, 9.17) is 14.2 Å². The molecule has 34 heavy (non-hydrogen) atoms. The molecule has 11 heteroatoms. The molecule has 0 atom stereocenters. The van der Waals surface area contributed by atoms with E-state index in [0.717, 1.165) is 26.4 Å². The lowest BCUT2D eigenvalue weighted by Crippen LogP contribution is -2.34. The normalized spacial score (nSPS) is 13.2. The van der Waals surface area contributed by atoms with Gasteiger partial charge < -0.3 is 19.5 Å². The van der Waals surface area contributed by atoms with Crippen LogP contribution in [-0.4, -0.2) is 39.4 Å². The Bertz CT molecular complexity index is 1270. The first-order valence-electron chi connectivity index (χ1n) is 10.6. The van der Waals surface area contributed by atoms with Gasteiger partial charge in [-0.1, -0.05) is 6.07 Å². The van der Waals surface area contributed by atoms with Crippen LogP contribution >= 0.6 is 11.3 Å². The molecule has 3 heterocycles. The fourth-order valence-electron chi connectivity index (χ4n) is 3.27. The summed E-state index contributed by atoms with van der Waals surface area (Å²) in [4.78, 5) is 25.5. The van der Waals surface area contributed by atoms with E-state index in [1.807, 2.05) is 29.6 Å². The first kappa shape index (κ1) is 23.6. The first-order chi connectivity index (χ1) is 16.2. The Labute approximate surface area is 199 Å². The Kier molecular flexibility index (Phi) is 6.73. The molecule has 4 rings (SSSR count). The number of alkyl carbamates (subject to hydrolysis) is 1. The molecule has 180 valence electrons. The molecule has 3 aromatic rings. The second-order valence-corrected chi connectivity index (χ2v) is 9.69. The molecule has 1 aliphatic rings. The lowest BCUT2D eigenvalue weighted by atomic mass is 10.1. The van der Waals surface area contributed by atoms with Gasteiger partial charge in [-0.15, -0.1) is 11.3 Å². The average molecular weight is 489 g/mol. The van der Waals surface area contributed by atoms with Crippen LogP contribution in [0.25, 0.3) is 11.1 Å². The van der Waals surface area contributed by atoms with Gasteiger partial charge in [0, 0.05) is 11.4 Å². The van der Waals surface area contributed by atoms with E-state index in [1.54, 1.807) is 20.8 Å². The van der Waals surface area contributed by atoms with Gasteiger partial charge in [0.1, 0.15) is 11.9 Å². The van der Waals surface area contributed by atoms with E-state index in [0.29, 0.717) is 18.6 Å². The molecule has 0 saturated heterocycles. The van der Waals surface area contributed by atoms with Gasteiger partial charge in [0.05, 0.1) is 19.4 Å². The maximum Gasteiger partial charge on any atom is 0.407 e. The molecule has 1 amide bonds. The van der Waals surface area contributed by atoms with Crippen LogP contribution in [0, 0.1) is 0 Å². The minimum atomic E-state index is -0.666. The summed E-state index contributed by atoms with van der Waals surface area (Å²) in [5.74, 6) is 1.43. The number of halogens is 1. The number of rotatable bonds is 7. The van der Waals surface area contributed by atoms with Crippen LogP contribution in [-0.2, 0) is 17.8 Å². The summed E-state index contributed by atoms with van der Waals surface area (Å²) in [5.41, 5.74) is 1.14. The fraction of sp³-hybridized carbons (Fsp3) is 0.348. The molecule has 2 aromatic heterocycles. The second kappa shape index (κ2) is 9.72. The average Bonchev–Trinajstić information content (AvgIpc) is 3.51. The van der Waals surface area contributed by atoms with Crippen LogP contribution in [0.5, 0.6) is 11.5 Å². The highest BCUT2D eigenvalue weighted by molar-refractivity contribution is 7.10. The predicted octanol–water partition coefficient (Wildman–Crippen LogP) is 3.93. The van der Waals surface area contributed by atoms with Crippen molar-refractivity contribution >= 4 is 17.4 Å². The van der Waals surface area contributed by atoms with E-state index in [2.05, 4.69) is 10.4 Å². The Balaban J connectivity index is 1.38. The molecule has 1 aromatic carbocycles. The van der Waals surface area contributed by atoms with Gasteiger partial charge in [0.2, 0.25) is 6.79 Å². The Hall–Kier alpha value is -3.60. The van der Waals surface area contributed by atoms with Gasteiger partial charge in [0.15, 0.2) is 11.5 Å². The van der Waals surface area contributed by atoms with Crippen LogP contribution in [0.4, 0.5) is 9.18 Å². The standard InChI is InChI=1S/C23H25FN4O5S/c1-23(2,3)33-21(29)25-9-15(8-24)10-28-22(30)27(13-26-28)11-18-6-17(12-34-18)16-4-5-19-20(7-16)32-14-31-19/h4-8,12-13H,9-11,14H2,1-3H3,(H,25,29). The smallest absolute Gasteiger partial charge is 0.407 e. The van der Waals surface area contributed by atoms with Crippen LogP contribution in [0.3, 0.4) is 0 Å². The first-order valence-corrected chi connectivity index (χ1v) is 11.4. The van der Waals surface area contributed by atoms with E-state index < -0.39 is 11.7 Å². The van der Waals surface area contributed by atoms with Crippen molar-refractivity contribution < 1.29 is 23.4 Å². The molecular weight excluding hydrogens is 463 g/mol. The van der Waals surface area contributed by atoms with Crippen LogP contribution in [0.1, 0.15) is 25.6 Å². The van der Waals surface area contributed by atoms with E-state index in [-0.39, 0.29) is 31.1 Å². The number of amides is 1. The number of hydrogen-bond donors (Lipinski definition) is 1. The number of carbonyl (C=O) groups is 1. The topological polar surface area (TPSA) is 96.6 Å². The fourth-order valence-corrected chi connectivity index (χ4v) is 4.16. The van der Waals surface area contributed by atoms with Crippen molar-refractivity contribution in [1.29, 1.82) is 0 Å². The van der Waals surface area contributed by atoms with Gasteiger partial charge >= 0.3 is 11.8 Å². The highest BCUT2D eigenvalue weighted by Crippen LogP contribution is 2.37. The highest BCUT2D eigenvalue weighted by atomic mass is 32.1. The third-order valence-corrected chi connectivity index (χ3v) is 5.77. The predicted molar refractivity (Wildman–Crippen MR) is 125 cm³/mol. The van der Waals surface area contributed by atoms with E-state index in [9.17, 15) is 14.0 Å². The second-order valence-electron chi connectivity index (χ2n) is 8.69. The number of nitrogens with zero attached hydrogens (tertiary/aromatic N) is 3. The third kappa shape index (κ3) is 5.66. The Morgan fingerprint density at radius 3 is 2.82 bits per heavy atom. The van der Waals surface area contributed by atoms with Crippen molar-refractivity contribution in [2.45, 2.75) is 39.5 Å². The van der Waals surface area contributed by atoms with Gasteiger partial charge in [0.25, 0.3) is 0 Å². The zero-order valence-corrected chi connectivity index (χ0v) is 19.9. The largest absolute Gasteiger partial charge is 0.454 e. The number of carbonyl (C=O) groups excluding carboxylic acids is 1. The van der Waals surface area contributed by atoms with Gasteiger partial charge in [-0.3, -0.25) is 4.57 Å². The zero-order chi connectivity index (χ0) is 24.3. The number of fused-ring (bicyclic) bond motifs is 1. The van der Waals surface area contributed by atoms with Gasteiger partial charge in [-0.2, -0.15) is 5.10 Å². The summed E-state index contributed by atoms with van der Waals surface area (Å²) in [7, 11) is 0. The molecule has 0 saturated carbocycles.